The van der Waals surface area contributed by atoms with Crippen LogP contribution >= 0.6 is 11.6 Å². The third-order valence-electron chi connectivity index (χ3n) is 2.21. The number of hydrogen-bond donors (Lipinski definition) is 0. The molecule has 0 aliphatic rings. The summed E-state index contributed by atoms with van der Waals surface area (Å²) in [6.07, 6.45) is 1.34. The summed E-state index contributed by atoms with van der Waals surface area (Å²) in [5, 5.41) is 0.360. The molecule has 1 aromatic heterocycles. The number of esters is 1. The number of hydrogen-bond acceptors (Lipinski definition) is 3. The molecule has 2 rings (SSSR count). The van der Waals surface area contributed by atoms with E-state index in [0.717, 1.165) is 0 Å². The normalized spacial score (nSPS) is 10.4. The minimum atomic E-state index is -0.634. The Morgan fingerprint density at radius 1 is 1.44 bits per heavy atom. The average Bonchev–Trinajstić information content (AvgIpc) is 2.32. The van der Waals surface area contributed by atoms with Crippen LogP contribution in [-0.4, -0.2) is 18.1 Å². The molecule has 0 saturated heterocycles. The van der Waals surface area contributed by atoms with Crippen molar-refractivity contribution in [2.45, 2.75) is 0 Å². The summed E-state index contributed by atoms with van der Waals surface area (Å²) in [6, 6.07) is 4.40. The van der Waals surface area contributed by atoms with Crippen LogP contribution in [0.5, 0.6) is 0 Å². The fraction of sp³-hybridized carbons (Fsp3) is 0.0909. The molecule has 0 spiro atoms. The lowest BCUT2D eigenvalue weighted by atomic mass is 10.1. The molecule has 0 saturated carbocycles. The molecule has 5 heteroatoms. The van der Waals surface area contributed by atoms with E-state index in [9.17, 15) is 9.18 Å². The fourth-order valence-corrected chi connectivity index (χ4v) is 1.60. The Morgan fingerprint density at radius 3 is 2.88 bits per heavy atom. The molecule has 82 valence electrons. The van der Waals surface area contributed by atoms with Crippen LogP contribution in [0.4, 0.5) is 4.39 Å². The smallest absolute Gasteiger partial charge is 0.338 e. The van der Waals surface area contributed by atoms with Gasteiger partial charge in [0, 0.05) is 11.6 Å². The molecular formula is C11H7ClFNO2. The van der Waals surface area contributed by atoms with Crippen LogP contribution in [0.3, 0.4) is 0 Å². The summed E-state index contributed by atoms with van der Waals surface area (Å²) in [6.45, 7) is 0. The number of pyridine rings is 1. The van der Waals surface area contributed by atoms with Gasteiger partial charge in [-0.1, -0.05) is 17.7 Å². The Morgan fingerprint density at radius 2 is 2.19 bits per heavy atom. The maximum atomic E-state index is 13.6. The van der Waals surface area contributed by atoms with Gasteiger partial charge in [0.15, 0.2) is 5.82 Å². The SMILES string of the molecule is COC(=O)c1ccnc2c(F)c(Cl)ccc12. The highest BCUT2D eigenvalue weighted by molar-refractivity contribution is 6.31. The first kappa shape index (κ1) is 10.8. The maximum Gasteiger partial charge on any atom is 0.338 e. The van der Waals surface area contributed by atoms with Crippen molar-refractivity contribution in [2.24, 2.45) is 0 Å². The van der Waals surface area contributed by atoms with Crippen LogP contribution in [0.15, 0.2) is 24.4 Å². The van der Waals surface area contributed by atoms with Crippen LogP contribution in [0.1, 0.15) is 10.4 Å². The lowest BCUT2D eigenvalue weighted by Gasteiger charge is -2.05. The van der Waals surface area contributed by atoms with E-state index in [-0.39, 0.29) is 16.1 Å². The van der Waals surface area contributed by atoms with E-state index in [1.54, 1.807) is 6.07 Å². The number of halogens is 2. The number of carbonyl (C=O) groups excluding carboxylic acids is 1. The number of nitrogens with zero attached hydrogens (tertiary/aromatic N) is 1. The third kappa shape index (κ3) is 1.61. The van der Waals surface area contributed by atoms with Crippen molar-refractivity contribution in [1.29, 1.82) is 0 Å². The molecule has 1 heterocycles. The number of carbonyl (C=O) groups is 1. The number of aromatic nitrogens is 1. The molecule has 0 bridgehead atoms. The summed E-state index contributed by atoms with van der Waals surface area (Å²) in [5.74, 6) is -1.17. The van der Waals surface area contributed by atoms with Gasteiger partial charge in [-0.15, -0.1) is 0 Å². The Labute approximate surface area is 95.8 Å². The zero-order valence-corrected chi connectivity index (χ0v) is 9.08. The lowest BCUT2D eigenvalue weighted by Crippen LogP contribution is -2.03. The largest absolute Gasteiger partial charge is 0.465 e. The Balaban J connectivity index is 2.79. The van der Waals surface area contributed by atoms with Gasteiger partial charge < -0.3 is 4.74 Å². The minimum Gasteiger partial charge on any atom is -0.465 e. The van der Waals surface area contributed by atoms with Gasteiger partial charge in [0.25, 0.3) is 0 Å². The van der Waals surface area contributed by atoms with Crippen LogP contribution in [0.2, 0.25) is 5.02 Å². The minimum absolute atomic E-state index is 0.0259. The molecule has 0 aliphatic heterocycles. The zero-order chi connectivity index (χ0) is 11.7. The van der Waals surface area contributed by atoms with Crippen molar-refractivity contribution in [1.82, 2.24) is 4.98 Å². The van der Waals surface area contributed by atoms with E-state index >= 15 is 0 Å². The third-order valence-corrected chi connectivity index (χ3v) is 2.50. The Kier molecular flexibility index (Phi) is 2.75. The zero-order valence-electron chi connectivity index (χ0n) is 8.33. The van der Waals surface area contributed by atoms with E-state index in [2.05, 4.69) is 9.72 Å². The molecule has 2 aromatic rings. The van der Waals surface area contributed by atoms with Crippen molar-refractivity contribution >= 4 is 28.5 Å². The van der Waals surface area contributed by atoms with E-state index in [1.807, 2.05) is 0 Å². The summed E-state index contributed by atoms with van der Waals surface area (Å²) < 4.78 is 18.2. The molecule has 0 unspecified atom stereocenters. The van der Waals surface area contributed by atoms with Gasteiger partial charge in [-0.05, 0) is 12.1 Å². The van der Waals surface area contributed by atoms with Gasteiger partial charge in [-0.25, -0.2) is 9.18 Å². The number of rotatable bonds is 1. The van der Waals surface area contributed by atoms with Crippen molar-refractivity contribution in [3.05, 3.63) is 40.8 Å². The fourth-order valence-electron chi connectivity index (χ4n) is 1.45. The predicted octanol–water partition coefficient (Wildman–Crippen LogP) is 2.81. The highest BCUT2D eigenvalue weighted by Crippen LogP contribution is 2.25. The topological polar surface area (TPSA) is 39.2 Å². The summed E-state index contributed by atoms with van der Waals surface area (Å²) in [5.41, 5.74) is 0.332. The molecule has 0 aliphatic carbocycles. The lowest BCUT2D eigenvalue weighted by molar-refractivity contribution is 0.0603. The Bertz CT molecular complexity index is 571. The van der Waals surface area contributed by atoms with Crippen LogP contribution in [0, 0.1) is 5.82 Å². The molecule has 16 heavy (non-hydrogen) atoms. The first-order valence-corrected chi connectivity index (χ1v) is 4.84. The molecule has 0 N–H and O–H groups in total. The number of fused-ring (bicyclic) bond motifs is 1. The molecule has 0 amide bonds. The maximum absolute atomic E-state index is 13.6. The van der Waals surface area contributed by atoms with Gasteiger partial charge in [-0.2, -0.15) is 0 Å². The second-order valence-electron chi connectivity index (χ2n) is 3.11. The van der Waals surface area contributed by atoms with Crippen molar-refractivity contribution in [3.63, 3.8) is 0 Å². The number of benzene rings is 1. The molecule has 0 radical (unpaired) electrons. The first-order chi connectivity index (χ1) is 7.65. The molecular weight excluding hydrogens is 233 g/mol. The van der Waals surface area contributed by atoms with Gasteiger partial charge in [0.05, 0.1) is 17.7 Å². The van der Waals surface area contributed by atoms with Gasteiger partial charge in [-0.3, -0.25) is 4.98 Å². The first-order valence-electron chi connectivity index (χ1n) is 4.46. The summed E-state index contributed by atoms with van der Waals surface area (Å²) in [4.78, 5) is 15.3. The molecule has 1 aromatic carbocycles. The van der Waals surface area contributed by atoms with Gasteiger partial charge in [0.1, 0.15) is 5.52 Å². The monoisotopic (exact) mass is 239 g/mol. The standard InChI is InChI=1S/C11H7ClFNO2/c1-16-11(15)7-4-5-14-10-6(7)2-3-8(12)9(10)13/h2-5H,1H3. The molecule has 0 fully saturated rings. The Hall–Kier alpha value is -1.68. The van der Waals surface area contributed by atoms with E-state index in [1.165, 1.54) is 25.4 Å². The molecule has 0 atom stereocenters. The van der Waals surface area contributed by atoms with Crippen LogP contribution in [-0.2, 0) is 4.74 Å². The van der Waals surface area contributed by atoms with Crippen molar-refractivity contribution in [3.8, 4) is 0 Å². The second kappa shape index (κ2) is 4.06. The predicted molar refractivity (Wildman–Crippen MR) is 58.1 cm³/mol. The van der Waals surface area contributed by atoms with Gasteiger partial charge >= 0.3 is 5.97 Å². The highest BCUT2D eigenvalue weighted by atomic mass is 35.5. The second-order valence-corrected chi connectivity index (χ2v) is 3.51. The van der Waals surface area contributed by atoms with Crippen molar-refractivity contribution < 1.29 is 13.9 Å². The van der Waals surface area contributed by atoms with Gasteiger partial charge in [0.2, 0.25) is 0 Å². The summed E-state index contributed by atoms with van der Waals surface area (Å²) in [7, 11) is 1.26. The van der Waals surface area contributed by atoms with E-state index < -0.39 is 11.8 Å². The molecule has 3 nitrogen and oxygen atoms in total. The number of methoxy groups -OCH3 is 1. The van der Waals surface area contributed by atoms with E-state index in [0.29, 0.717) is 5.39 Å². The average molecular weight is 240 g/mol. The van der Waals surface area contributed by atoms with Crippen LogP contribution < -0.4 is 0 Å². The van der Waals surface area contributed by atoms with Crippen molar-refractivity contribution in [2.75, 3.05) is 7.11 Å². The van der Waals surface area contributed by atoms with E-state index in [4.69, 9.17) is 11.6 Å². The highest BCUT2D eigenvalue weighted by Gasteiger charge is 2.14. The van der Waals surface area contributed by atoms with Crippen LogP contribution in [0.25, 0.3) is 10.9 Å². The number of ether oxygens (including phenoxy) is 1. The summed E-state index contributed by atoms with van der Waals surface area (Å²) >= 11 is 5.62. The quantitative estimate of drug-likeness (QED) is 0.719.